The molecule has 1 saturated carbocycles. The second-order valence-electron chi connectivity index (χ2n) is 11.6. The molecule has 1 atom stereocenters. The van der Waals surface area contributed by atoms with Crippen LogP contribution in [0.5, 0.6) is 0 Å². The van der Waals surface area contributed by atoms with Gasteiger partial charge in [0.15, 0.2) is 5.11 Å². The monoisotopic (exact) mass is 524 g/mol. The third kappa shape index (κ3) is 6.33. The molecule has 3 heterocycles. The molecule has 0 spiro atoms. The van der Waals surface area contributed by atoms with Crippen molar-refractivity contribution in [3.05, 3.63) is 41.7 Å². The zero-order chi connectivity index (χ0) is 25.8. The number of rotatable bonds is 6. The van der Waals surface area contributed by atoms with E-state index in [1.54, 1.807) is 12.1 Å². The normalized spacial score (nSPS) is 22.2. The number of anilines is 3. The Labute approximate surface area is 226 Å². The molecular formula is C29H41FN6S. The lowest BCUT2D eigenvalue weighted by Crippen LogP contribution is -2.41. The third-order valence-electron chi connectivity index (χ3n) is 8.62. The molecule has 2 saturated heterocycles. The molecule has 1 aromatic heterocycles. The number of nitrogens with zero attached hydrogens (tertiary/aromatic N) is 4. The lowest BCUT2D eigenvalue weighted by atomic mass is 9.79. The molecule has 2 aromatic rings. The Morgan fingerprint density at radius 3 is 2.30 bits per heavy atom. The van der Waals surface area contributed by atoms with E-state index >= 15 is 0 Å². The number of hydrogen-bond donors (Lipinski definition) is 2. The largest absolute Gasteiger partial charge is 0.361 e. The van der Waals surface area contributed by atoms with Crippen molar-refractivity contribution in [2.24, 2.45) is 11.8 Å². The van der Waals surface area contributed by atoms with Gasteiger partial charge in [-0.05, 0) is 80.3 Å². The number of thiocarbonyl (C=S) groups is 1. The first kappa shape index (κ1) is 26.1. The molecule has 3 aliphatic rings. The van der Waals surface area contributed by atoms with Gasteiger partial charge in [0.1, 0.15) is 17.5 Å². The number of benzene rings is 1. The summed E-state index contributed by atoms with van der Waals surface area (Å²) in [5.74, 6) is 3.76. The van der Waals surface area contributed by atoms with Gasteiger partial charge in [0.25, 0.3) is 0 Å². The fourth-order valence-corrected chi connectivity index (χ4v) is 6.42. The molecule has 2 aliphatic heterocycles. The number of aromatic nitrogens is 2. The molecule has 5 rings (SSSR count). The van der Waals surface area contributed by atoms with Crippen LogP contribution in [0.1, 0.15) is 70.8 Å². The van der Waals surface area contributed by atoms with E-state index in [1.165, 1.54) is 44.1 Å². The minimum Gasteiger partial charge on any atom is -0.361 e. The Morgan fingerprint density at radius 2 is 1.62 bits per heavy atom. The van der Waals surface area contributed by atoms with Gasteiger partial charge in [-0.15, -0.1) is 0 Å². The van der Waals surface area contributed by atoms with Crippen LogP contribution in [-0.4, -0.2) is 47.8 Å². The molecule has 37 heavy (non-hydrogen) atoms. The quantitative estimate of drug-likeness (QED) is 0.457. The summed E-state index contributed by atoms with van der Waals surface area (Å²) in [7, 11) is 0. The average Bonchev–Trinajstić information content (AvgIpc) is 3.38. The van der Waals surface area contributed by atoms with Crippen molar-refractivity contribution in [3.63, 3.8) is 0 Å². The first-order valence-electron chi connectivity index (χ1n) is 14.1. The molecule has 0 amide bonds. The second kappa shape index (κ2) is 11.5. The van der Waals surface area contributed by atoms with Gasteiger partial charge in [0.05, 0.1) is 0 Å². The Hall–Kier alpha value is -2.48. The highest BCUT2D eigenvalue weighted by Crippen LogP contribution is 2.40. The van der Waals surface area contributed by atoms with Crippen LogP contribution < -0.4 is 20.4 Å². The fraction of sp³-hybridized carbons (Fsp3) is 0.621. The van der Waals surface area contributed by atoms with E-state index in [0.717, 1.165) is 56.6 Å². The van der Waals surface area contributed by atoms with E-state index < -0.39 is 0 Å². The highest BCUT2D eigenvalue weighted by Gasteiger charge is 2.35. The molecule has 2 N–H and O–H groups in total. The van der Waals surface area contributed by atoms with E-state index in [1.807, 2.05) is 12.1 Å². The summed E-state index contributed by atoms with van der Waals surface area (Å²) < 4.78 is 13.6. The van der Waals surface area contributed by atoms with E-state index in [9.17, 15) is 4.39 Å². The van der Waals surface area contributed by atoms with Crippen molar-refractivity contribution in [2.75, 3.05) is 47.8 Å². The molecule has 1 aliphatic carbocycles. The predicted molar refractivity (Wildman–Crippen MR) is 154 cm³/mol. The minimum atomic E-state index is -0.193. The van der Waals surface area contributed by atoms with Crippen LogP contribution in [-0.2, 0) is 5.41 Å². The highest BCUT2D eigenvalue weighted by atomic mass is 32.1. The van der Waals surface area contributed by atoms with Gasteiger partial charge < -0.3 is 20.4 Å². The summed E-state index contributed by atoms with van der Waals surface area (Å²) in [6.45, 7) is 9.46. The Bertz CT molecular complexity index is 1060. The molecular weight excluding hydrogens is 483 g/mol. The highest BCUT2D eigenvalue weighted by molar-refractivity contribution is 7.80. The Morgan fingerprint density at radius 1 is 0.946 bits per heavy atom. The molecule has 1 aromatic carbocycles. The smallest absolute Gasteiger partial charge is 0.232 e. The topological polar surface area (TPSA) is 56.3 Å². The minimum absolute atomic E-state index is 0.0261. The number of piperidine rings is 2. The summed E-state index contributed by atoms with van der Waals surface area (Å²) in [6.07, 6.45) is 9.34. The van der Waals surface area contributed by atoms with Crippen LogP contribution in [0.15, 0.2) is 30.3 Å². The van der Waals surface area contributed by atoms with Crippen molar-refractivity contribution < 1.29 is 4.39 Å². The van der Waals surface area contributed by atoms with E-state index in [0.29, 0.717) is 23.5 Å². The molecule has 0 radical (unpaired) electrons. The van der Waals surface area contributed by atoms with Crippen molar-refractivity contribution in [1.29, 1.82) is 0 Å². The van der Waals surface area contributed by atoms with Crippen molar-refractivity contribution >= 4 is 34.9 Å². The van der Waals surface area contributed by atoms with Gasteiger partial charge in [-0.1, -0.05) is 38.8 Å². The van der Waals surface area contributed by atoms with E-state index in [-0.39, 0.29) is 11.2 Å². The van der Waals surface area contributed by atoms with Crippen LogP contribution in [0.25, 0.3) is 0 Å². The van der Waals surface area contributed by atoms with Gasteiger partial charge in [-0.25, -0.2) is 4.39 Å². The summed E-state index contributed by atoms with van der Waals surface area (Å²) in [6, 6.07) is 9.15. The summed E-state index contributed by atoms with van der Waals surface area (Å²) in [5.41, 5.74) is 1.16. The maximum Gasteiger partial charge on any atom is 0.232 e. The van der Waals surface area contributed by atoms with Crippen molar-refractivity contribution in [2.45, 2.75) is 70.6 Å². The number of halogens is 1. The molecule has 200 valence electrons. The van der Waals surface area contributed by atoms with Gasteiger partial charge >= 0.3 is 0 Å². The van der Waals surface area contributed by atoms with E-state index in [4.69, 9.17) is 22.2 Å². The van der Waals surface area contributed by atoms with Crippen molar-refractivity contribution in [1.82, 2.24) is 15.3 Å². The van der Waals surface area contributed by atoms with Crippen molar-refractivity contribution in [3.8, 4) is 0 Å². The average molecular weight is 525 g/mol. The standard InChI is InChI=1S/C29H41FN6S/c1-21-11-16-35(17-12-21)25-18-26(36-15-5-6-22(2)19-36)33-27(32-25)34-28(37)31-20-29(13-3-4-14-29)23-7-9-24(30)10-8-23/h7-10,18,21-22H,3-6,11-17,19-20H2,1-2H3,(H2,31,32,33,34,37)/t22-/m1/s1. The van der Waals surface area contributed by atoms with Crippen LogP contribution in [0.2, 0.25) is 0 Å². The van der Waals surface area contributed by atoms with Crippen LogP contribution in [0.4, 0.5) is 22.0 Å². The zero-order valence-electron chi connectivity index (χ0n) is 22.3. The zero-order valence-corrected chi connectivity index (χ0v) is 23.1. The van der Waals surface area contributed by atoms with E-state index in [2.05, 4.69) is 40.3 Å². The summed E-state index contributed by atoms with van der Waals surface area (Å²) in [5, 5.41) is 7.30. The molecule has 0 unspecified atom stereocenters. The predicted octanol–water partition coefficient (Wildman–Crippen LogP) is 5.89. The summed E-state index contributed by atoms with van der Waals surface area (Å²) >= 11 is 5.74. The molecule has 0 bridgehead atoms. The van der Waals surface area contributed by atoms with Gasteiger partial charge in [-0.2, -0.15) is 9.97 Å². The SMILES string of the molecule is CC1CCN(c2cc(N3CCC[C@@H](C)C3)nc(NC(=S)NCC3(c4ccc(F)cc4)CCCC3)n2)CC1. The number of nitrogens with one attached hydrogen (secondary N) is 2. The summed E-state index contributed by atoms with van der Waals surface area (Å²) in [4.78, 5) is 14.6. The van der Waals surface area contributed by atoms with Gasteiger partial charge in [0.2, 0.25) is 5.95 Å². The lowest BCUT2D eigenvalue weighted by Gasteiger charge is -2.34. The van der Waals surface area contributed by atoms with Crippen LogP contribution in [0, 0.1) is 17.7 Å². The molecule has 6 nitrogen and oxygen atoms in total. The second-order valence-corrected chi connectivity index (χ2v) is 12.0. The lowest BCUT2D eigenvalue weighted by molar-refractivity contribution is 0.434. The first-order chi connectivity index (χ1) is 17.9. The van der Waals surface area contributed by atoms with Gasteiger partial charge in [-0.3, -0.25) is 0 Å². The Kier molecular flexibility index (Phi) is 8.12. The third-order valence-corrected chi connectivity index (χ3v) is 8.86. The maximum absolute atomic E-state index is 13.6. The maximum atomic E-state index is 13.6. The first-order valence-corrected chi connectivity index (χ1v) is 14.5. The molecule has 8 heteroatoms. The van der Waals surface area contributed by atoms with Crippen LogP contribution >= 0.6 is 12.2 Å². The number of hydrogen-bond acceptors (Lipinski definition) is 5. The van der Waals surface area contributed by atoms with Gasteiger partial charge in [0, 0.05) is 44.2 Å². The fourth-order valence-electron chi connectivity index (χ4n) is 6.26. The molecule has 3 fully saturated rings. The van der Waals surface area contributed by atoms with Crippen LogP contribution in [0.3, 0.4) is 0 Å². The Balaban J connectivity index is 1.31.